The standard InChI is InChI=1S/C28H30Cl2N2O2/c1-20(2)18-31-28(34)26(16-21-10-5-3-6-11-21)32(19-23-24(29)14-9-15-25(23)30)27(33)17-22-12-7-4-8-13-22/h3-15,20,26H,16-19H2,1-2H3,(H,31,34)/t26-/m1/s1. The fourth-order valence-electron chi connectivity index (χ4n) is 3.70. The minimum Gasteiger partial charge on any atom is -0.354 e. The van der Waals surface area contributed by atoms with E-state index in [0.29, 0.717) is 28.6 Å². The van der Waals surface area contributed by atoms with E-state index < -0.39 is 6.04 Å². The van der Waals surface area contributed by atoms with Crippen molar-refractivity contribution in [2.24, 2.45) is 5.92 Å². The SMILES string of the molecule is CC(C)CNC(=O)[C@@H](Cc1ccccc1)N(Cc1c(Cl)cccc1Cl)C(=O)Cc1ccccc1. The van der Waals surface area contributed by atoms with E-state index in [2.05, 4.69) is 5.32 Å². The fraction of sp³-hybridized carbons (Fsp3) is 0.286. The summed E-state index contributed by atoms with van der Waals surface area (Å²) in [6.07, 6.45) is 0.555. The molecule has 0 bridgehead atoms. The number of hydrogen-bond donors (Lipinski definition) is 1. The van der Waals surface area contributed by atoms with Crippen LogP contribution >= 0.6 is 23.2 Å². The number of amides is 2. The highest BCUT2D eigenvalue weighted by Gasteiger charge is 2.31. The molecule has 0 radical (unpaired) electrons. The van der Waals surface area contributed by atoms with Crippen molar-refractivity contribution in [1.29, 1.82) is 0 Å². The summed E-state index contributed by atoms with van der Waals surface area (Å²) in [6.45, 7) is 4.73. The third kappa shape index (κ3) is 7.34. The van der Waals surface area contributed by atoms with Gasteiger partial charge in [0.05, 0.1) is 6.42 Å². The van der Waals surface area contributed by atoms with Crippen LogP contribution in [0.5, 0.6) is 0 Å². The molecule has 0 aliphatic heterocycles. The van der Waals surface area contributed by atoms with Gasteiger partial charge in [-0.1, -0.05) is 104 Å². The highest BCUT2D eigenvalue weighted by molar-refractivity contribution is 6.36. The number of halogens is 2. The van der Waals surface area contributed by atoms with Gasteiger partial charge < -0.3 is 10.2 Å². The third-order valence-corrected chi connectivity index (χ3v) is 6.25. The highest BCUT2D eigenvalue weighted by atomic mass is 35.5. The van der Waals surface area contributed by atoms with Crippen LogP contribution in [-0.2, 0) is 29.0 Å². The first-order valence-corrected chi connectivity index (χ1v) is 12.2. The molecule has 6 heteroatoms. The Hall–Kier alpha value is -2.82. The smallest absolute Gasteiger partial charge is 0.243 e. The summed E-state index contributed by atoms with van der Waals surface area (Å²) in [6, 6.07) is 23.8. The van der Waals surface area contributed by atoms with E-state index in [1.807, 2.05) is 74.5 Å². The van der Waals surface area contributed by atoms with E-state index in [9.17, 15) is 9.59 Å². The number of rotatable bonds is 10. The molecule has 0 spiro atoms. The van der Waals surface area contributed by atoms with Crippen molar-refractivity contribution >= 4 is 35.0 Å². The van der Waals surface area contributed by atoms with Gasteiger partial charge in [0.2, 0.25) is 11.8 Å². The first kappa shape index (κ1) is 25.8. The molecule has 0 saturated carbocycles. The third-order valence-electron chi connectivity index (χ3n) is 5.54. The number of carbonyl (C=O) groups excluding carboxylic acids is 2. The van der Waals surface area contributed by atoms with Gasteiger partial charge in [-0.05, 0) is 29.2 Å². The Morgan fingerprint density at radius 2 is 1.38 bits per heavy atom. The van der Waals surface area contributed by atoms with E-state index in [4.69, 9.17) is 23.2 Å². The van der Waals surface area contributed by atoms with Gasteiger partial charge in [0.25, 0.3) is 0 Å². The van der Waals surface area contributed by atoms with Gasteiger partial charge in [-0.15, -0.1) is 0 Å². The van der Waals surface area contributed by atoms with Crippen LogP contribution in [0, 0.1) is 5.92 Å². The highest BCUT2D eigenvalue weighted by Crippen LogP contribution is 2.27. The Bertz CT molecular complexity index is 1070. The van der Waals surface area contributed by atoms with E-state index in [1.165, 1.54) is 0 Å². The number of carbonyl (C=O) groups is 2. The molecule has 0 aromatic heterocycles. The van der Waals surface area contributed by atoms with Gasteiger partial charge in [-0.3, -0.25) is 9.59 Å². The van der Waals surface area contributed by atoms with Crippen molar-refractivity contribution in [3.05, 3.63) is 106 Å². The summed E-state index contributed by atoms with van der Waals surface area (Å²) in [4.78, 5) is 28.7. The molecule has 0 heterocycles. The number of benzene rings is 3. The van der Waals surface area contributed by atoms with Crippen molar-refractivity contribution in [2.45, 2.75) is 39.3 Å². The Kier molecular flexibility index (Phi) is 9.55. The van der Waals surface area contributed by atoms with Gasteiger partial charge in [-0.25, -0.2) is 0 Å². The number of hydrogen-bond acceptors (Lipinski definition) is 2. The molecule has 2 amide bonds. The lowest BCUT2D eigenvalue weighted by atomic mass is 10.0. The average Bonchev–Trinajstić information content (AvgIpc) is 2.82. The van der Waals surface area contributed by atoms with Gasteiger partial charge in [0, 0.05) is 35.1 Å². The molecule has 3 aromatic carbocycles. The Balaban J connectivity index is 1.99. The normalized spacial score (nSPS) is 11.8. The molecule has 0 aliphatic rings. The van der Waals surface area contributed by atoms with Crippen molar-refractivity contribution in [3.63, 3.8) is 0 Å². The maximum Gasteiger partial charge on any atom is 0.243 e. The zero-order chi connectivity index (χ0) is 24.5. The van der Waals surface area contributed by atoms with Crippen LogP contribution in [0.1, 0.15) is 30.5 Å². The van der Waals surface area contributed by atoms with E-state index in [1.54, 1.807) is 23.1 Å². The van der Waals surface area contributed by atoms with Crippen LogP contribution in [0.2, 0.25) is 10.0 Å². The molecule has 1 N–H and O–H groups in total. The minimum atomic E-state index is -0.718. The molecule has 0 aliphatic carbocycles. The predicted octanol–water partition coefficient (Wildman–Crippen LogP) is 5.95. The van der Waals surface area contributed by atoms with Crippen molar-refractivity contribution in [1.82, 2.24) is 10.2 Å². The summed E-state index contributed by atoms with van der Waals surface area (Å²) in [5.74, 6) is -0.0715. The number of nitrogens with zero attached hydrogens (tertiary/aromatic N) is 1. The fourth-order valence-corrected chi connectivity index (χ4v) is 4.22. The molecule has 34 heavy (non-hydrogen) atoms. The molecule has 3 rings (SSSR count). The molecule has 0 fully saturated rings. The van der Waals surface area contributed by atoms with Crippen LogP contribution in [0.25, 0.3) is 0 Å². The second-order valence-corrected chi connectivity index (χ2v) is 9.54. The quantitative estimate of drug-likeness (QED) is 0.377. The topological polar surface area (TPSA) is 49.4 Å². The molecule has 178 valence electrons. The lowest BCUT2D eigenvalue weighted by Gasteiger charge is -2.32. The largest absolute Gasteiger partial charge is 0.354 e. The van der Waals surface area contributed by atoms with Crippen molar-refractivity contribution in [2.75, 3.05) is 6.54 Å². The lowest BCUT2D eigenvalue weighted by Crippen LogP contribution is -2.51. The second kappa shape index (κ2) is 12.6. The van der Waals surface area contributed by atoms with Gasteiger partial charge >= 0.3 is 0 Å². The summed E-state index contributed by atoms with van der Waals surface area (Å²) >= 11 is 12.9. The molecule has 3 aromatic rings. The Labute approximate surface area is 211 Å². The monoisotopic (exact) mass is 496 g/mol. The summed E-state index contributed by atoms with van der Waals surface area (Å²) in [7, 11) is 0. The molecule has 4 nitrogen and oxygen atoms in total. The van der Waals surface area contributed by atoms with Crippen LogP contribution in [-0.4, -0.2) is 29.3 Å². The second-order valence-electron chi connectivity index (χ2n) is 8.73. The van der Waals surface area contributed by atoms with Crippen LogP contribution in [0.3, 0.4) is 0 Å². The van der Waals surface area contributed by atoms with Crippen LogP contribution in [0.15, 0.2) is 78.9 Å². The molecular formula is C28H30Cl2N2O2. The maximum absolute atomic E-state index is 13.7. The van der Waals surface area contributed by atoms with Gasteiger partial charge in [-0.2, -0.15) is 0 Å². The molecule has 0 unspecified atom stereocenters. The zero-order valence-electron chi connectivity index (χ0n) is 19.5. The predicted molar refractivity (Wildman–Crippen MR) is 139 cm³/mol. The van der Waals surface area contributed by atoms with E-state index in [0.717, 1.165) is 11.1 Å². The Morgan fingerprint density at radius 1 is 0.824 bits per heavy atom. The summed E-state index contributed by atoms with van der Waals surface area (Å²) in [5.41, 5.74) is 2.47. The summed E-state index contributed by atoms with van der Waals surface area (Å²) in [5, 5.41) is 3.95. The maximum atomic E-state index is 13.7. The lowest BCUT2D eigenvalue weighted by molar-refractivity contribution is -0.140. The molecular weight excluding hydrogens is 467 g/mol. The Morgan fingerprint density at radius 3 is 1.94 bits per heavy atom. The first-order valence-electron chi connectivity index (χ1n) is 11.4. The number of nitrogens with one attached hydrogen (secondary N) is 1. The summed E-state index contributed by atoms with van der Waals surface area (Å²) < 4.78 is 0. The van der Waals surface area contributed by atoms with Crippen LogP contribution < -0.4 is 5.32 Å². The van der Waals surface area contributed by atoms with Gasteiger partial charge in [0.1, 0.15) is 6.04 Å². The molecule has 1 atom stereocenters. The zero-order valence-corrected chi connectivity index (χ0v) is 21.0. The van der Waals surface area contributed by atoms with E-state index in [-0.39, 0.29) is 30.7 Å². The average molecular weight is 497 g/mol. The van der Waals surface area contributed by atoms with Crippen molar-refractivity contribution < 1.29 is 9.59 Å². The molecule has 0 saturated heterocycles. The van der Waals surface area contributed by atoms with E-state index >= 15 is 0 Å². The van der Waals surface area contributed by atoms with Crippen LogP contribution in [0.4, 0.5) is 0 Å². The van der Waals surface area contributed by atoms with Gasteiger partial charge in [0.15, 0.2) is 0 Å². The minimum absolute atomic E-state index is 0.136. The first-order chi connectivity index (χ1) is 16.3. The van der Waals surface area contributed by atoms with Crippen molar-refractivity contribution in [3.8, 4) is 0 Å².